The molecule has 0 unspecified atom stereocenters. The van der Waals surface area contributed by atoms with E-state index in [0.717, 1.165) is 5.56 Å². The van der Waals surface area contributed by atoms with Crippen molar-refractivity contribution in [3.05, 3.63) is 69.7 Å². The molecule has 2 rings (SSSR count). The minimum absolute atomic E-state index is 0.0664. The van der Waals surface area contributed by atoms with E-state index in [1.54, 1.807) is 42.5 Å². The average molecular weight is 338 g/mol. The van der Waals surface area contributed by atoms with Crippen LogP contribution >= 0.6 is 23.2 Å². The Morgan fingerprint density at radius 3 is 2.41 bits per heavy atom. The van der Waals surface area contributed by atoms with Gasteiger partial charge in [-0.05, 0) is 29.8 Å². The molecule has 1 amide bonds. The number of carbonyl (C=O) groups is 2. The van der Waals surface area contributed by atoms with Gasteiger partial charge in [-0.3, -0.25) is 9.59 Å². The van der Waals surface area contributed by atoms with Gasteiger partial charge in [0.2, 0.25) is 0 Å². The van der Waals surface area contributed by atoms with Gasteiger partial charge < -0.3 is 10.1 Å². The SMILES string of the molecule is O=C(CNC(=O)c1ccccc1)OCc1ccc(Cl)c(Cl)c1. The number of benzene rings is 2. The Hall–Kier alpha value is -2.04. The molecule has 2 aromatic carbocycles. The minimum Gasteiger partial charge on any atom is -0.460 e. The van der Waals surface area contributed by atoms with Crippen molar-refractivity contribution in [2.45, 2.75) is 6.61 Å². The quantitative estimate of drug-likeness (QED) is 0.850. The summed E-state index contributed by atoms with van der Waals surface area (Å²) in [7, 11) is 0. The molecule has 0 atom stereocenters. The maximum absolute atomic E-state index is 11.8. The van der Waals surface area contributed by atoms with Crippen molar-refractivity contribution < 1.29 is 14.3 Å². The summed E-state index contributed by atoms with van der Waals surface area (Å²) >= 11 is 11.7. The standard InChI is InChI=1S/C16H13Cl2NO3/c17-13-7-6-11(8-14(13)18)10-22-15(20)9-19-16(21)12-4-2-1-3-5-12/h1-8H,9-10H2,(H,19,21). The van der Waals surface area contributed by atoms with Gasteiger partial charge >= 0.3 is 5.97 Å². The molecule has 0 aliphatic heterocycles. The molecule has 22 heavy (non-hydrogen) atoms. The zero-order chi connectivity index (χ0) is 15.9. The van der Waals surface area contributed by atoms with Crippen LogP contribution in [0.15, 0.2) is 48.5 Å². The van der Waals surface area contributed by atoms with Crippen molar-refractivity contribution >= 4 is 35.1 Å². The summed E-state index contributed by atoms with van der Waals surface area (Å²) in [6.07, 6.45) is 0. The lowest BCUT2D eigenvalue weighted by molar-refractivity contribution is -0.143. The molecule has 0 aliphatic rings. The summed E-state index contributed by atoms with van der Waals surface area (Å²) < 4.78 is 5.05. The predicted molar refractivity (Wildman–Crippen MR) is 85.0 cm³/mol. The van der Waals surface area contributed by atoms with E-state index in [2.05, 4.69) is 5.32 Å². The third-order valence-corrected chi connectivity index (χ3v) is 3.55. The van der Waals surface area contributed by atoms with Crippen molar-refractivity contribution in [1.82, 2.24) is 5.32 Å². The van der Waals surface area contributed by atoms with Gasteiger partial charge in [0, 0.05) is 5.56 Å². The number of amides is 1. The maximum Gasteiger partial charge on any atom is 0.325 e. The maximum atomic E-state index is 11.8. The monoisotopic (exact) mass is 337 g/mol. The highest BCUT2D eigenvalue weighted by Gasteiger charge is 2.09. The molecular formula is C16H13Cl2NO3. The summed E-state index contributed by atoms with van der Waals surface area (Å²) in [6, 6.07) is 13.6. The zero-order valence-electron chi connectivity index (χ0n) is 11.5. The summed E-state index contributed by atoms with van der Waals surface area (Å²) in [5.41, 5.74) is 1.21. The molecule has 0 radical (unpaired) electrons. The summed E-state index contributed by atoms with van der Waals surface area (Å²) in [5.74, 6) is -0.859. The highest BCUT2D eigenvalue weighted by Crippen LogP contribution is 2.22. The molecule has 0 saturated heterocycles. The van der Waals surface area contributed by atoms with Gasteiger partial charge in [0.15, 0.2) is 0 Å². The van der Waals surface area contributed by atoms with Crippen LogP contribution in [-0.2, 0) is 16.1 Å². The minimum atomic E-state index is -0.532. The zero-order valence-corrected chi connectivity index (χ0v) is 13.0. The Labute approximate surface area is 138 Å². The number of hydrogen-bond donors (Lipinski definition) is 1. The van der Waals surface area contributed by atoms with Gasteiger partial charge in [-0.25, -0.2) is 0 Å². The van der Waals surface area contributed by atoms with Crippen LogP contribution in [0.4, 0.5) is 0 Å². The lowest BCUT2D eigenvalue weighted by Gasteiger charge is -2.07. The molecular weight excluding hydrogens is 325 g/mol. The van der Waals surface area contributed by atoms with Gasteiger partial charge in [0.25, 0.3) is 5.91 Å². The normalized spacial score (nSPS) is 10.1. The van der Waals surface area contributed by atoms with Crippen molar-refractivity contribution in [3.8, 4) is 0 Å². The van der Waals surface area contributed by atoms with E-state index >= 15 is 0 Å². The molecule has 4 nitrogen and oxygen atoms in total. The van der Waals surface area contributed by atoms with E-state index in [0.29, 0.717) is 15.6 Å². The van der Waals surface area contributed by atoms with Crippen molar-refractivity contribution in [2.75, 3.05) is 6.54 Å². The second kappa shape index (κ2) is 7.82. The molecule has 0 bridgehead atoms. The second-order valence-electron chi connectivity index (χ2n) is 4.46. The van der Waals surface area contributed by atoms with Crippen LogP contribution in [0.25, 0.3) is 0 Å². The van der Waals surface area contributed by atoms with Crippen LogP contribution in [0.5, 0.6) is 0 Å². The Morgan fingerprint density at radius 1 is 1.00 bits per heavy atom. The number of esters is 1. The van der Waals surface area contributed by atoms with E-state index in [4.69, 9.17) is 27.9 Å². The Kier molecular flexibility index (Phi) is 5.81. The fourth-order valence-corrected chi connectivity index (χ4v) is 2.01. The van der Waals surface area contributed by atoms with Gasteiger partial charge in [-0.2, -0.15) is 0 Å². The highest BCUT2D eigenvalue weighted by molar-refractivity contribution is 6.42. The smallest absolute Gasteiger partial charge is 0.325 e. The highest BCUT2D eigenvalue weighted by atomic mass is 35.5. The molecule has 1 N–H and O–H groups in total. The summed E-state index contributed by atoms with van der Waals surface area (Å²) in [5, 5.41) is 3.33. The number of hydrogen-bond acceptors (Lipinski definition) is 3. The fraction of sp³-hybridized carbons (Fsp3) is 0.125. The molecule has 0 saturated carbocycles. The average Bonchev–Trinajstić information content (AvgIpc) is 2.54. The molecule has 114 valence electrons. The second-order valence-corrected chi connectivity index (χ2v) is 5.27. The number of carbonyl (C=O) groups excluding carboxylic acids is 2. The molecule has 6 heteroatoms. The Bertz CT molecular complexity index is 674. The molecule has 0 spiro atoms. The Morgan fingerprint density at radius 2 is 1.73 bits per heavy atom. The van der Waals surface area contributed by atoms with Gasteiger partial charge in [-0.1, -0.05) is 47.5 Å². The predicted octanol–water partition coefficient (Wildman–Crippen LogP) is 3.47. The van der Waals surface area contributed by atoms with E-state index in [9.17, 15) is 9.59 Å². The molecule has 0 aromatic heterocycles. The van der Waals surface area contributed by atoms with Crippen LogP contribution in [0.1, 0.15) is 15.9 Å². The van der Waals surface area contributed by atoms with Gasteiger partial charge in [-0.15, -0.1) is 0 Å². The number of halogens is 2. The first-order valence-electron chi connectivity index (χ1n) is 6.49. The number of nitrogens with one attached hydrogen (secondary N) is 1. The topological polar surface area (TPSA) is 55.4 Å². The molecule has 0 aliphatic carbocycles. The third-order valence-electron chi connectivity index (χ3n) is 2.81. The van der Waals surface area contributed by atoms with Gasteiger partial charge in [0.05, 0.1) is 10.0 Å². The largest absolute Gasteiger partial charge is 0.460 e. The fourth-order valence-electron chi connectivity index (χ4n) is 1.69. The number of rotatable bonds is 5. The lowest BCUT2D eigenvalue weighted by atomic mass is 10.2. The third kappa shape index (κ3) is 4.76. The van der Waals surface area contributed by atoms with Crippen molar-refractivity contribution in [3.63, 3.8) is 0 Å². The first-order chi connectivity index (χ1) is 10.6. The first-order valence-corrected chi connectivity index (χ1v) is 7.24. The summed E-state index contributed by atoms with van der Waals surface area (Å²) in [4.78, 5) is 23.4. The van der Waals surface area contributed by atoms with Crippen LogP contribution in [0.3, 0.4) is 0 Å². The summed E-state index contributed by atoms with van der Waals surface area (Å²) in [6.45, 7) is -0.133. The Balaban J connectivity index is 1.78. The molecule has 2 aromatic rings. The van der Waals surface area contributed by atoms with Crippen LogP contribution < -0.4 is 5.32 Å². The van der Waals surface area contributed by atoms with E-state index in [1.807, 2.05) is 6.07 Å². The molecule has 0 fully saturated rings. The van der Waals surface area contributed by atoms with Crippen LogP contribution in [-0.4, -0.2) is 18.4 Å². The van der Waals surface area contributed by atoms with Crippen LogP contribution in [0, 0.1) is 0 Å². The van der Waals surface area contributed by atoms with Crippen LogP contribution in [0.2, 0.25) is 10.0 Å². The van der Waals surface area contributed by atoms with E-state index in [-0.39, 0.29) is 19.1 Å². The molecule has 0 heterocycles. The van der Waals surface area contributed by atoms with E-state index in [1.165, 1.54) is 0 Å². The first kappa shape index (κ1) is 16.3. The lowest BCUT2D eigenvalue weighted by Crippen LogP contribution is -2.30. The van der Waals surface area contributed by atoms with Crippen molar-refractivity contribution in [1.29, 1.82) is 0 Å². The van der Waals surface area contributed by atoms with E-state index < -0.39 is 5.97 Å². The van der Waals surface area contributed by atoms with Gasteiger partial charge in [0.1, 0.15) is 13.2 Å². The van der Waals surface area contributed by atoms with Crippen molar-refractivity contribution in [2.24, 2.45) is 0 Å². The number of ether oxygens (including phenoxy) is 1.